The zero-order valence-electron chi connectivity index (χ0n) is 9.75. The van der Waals surface area contributed by atoms with Crippen molar-refractivity contribution < 1.29 is 0 Å². The van der Waals surface area contributed by atoms with E-state index in [1.807, 2.05) is 42.5 Å². The molecule has 3 rings (SSSR count). The Morgan fingerprint density at radius 1 is 0.895 bits per heavy atom. The topological polar surface area (TPSA) is 64.7 Å². The van der Waals surface area contributed by atoms with Gasteiger partial charge in [-0.05, 0) is 28.1 Å². The second-order valence-electron chi connectivity index (χ2n) is 3.81. The molecule has 1 aromatic carbocycles. The van der Waals surface area contributed by atoms with Crippen molar-refractivity contribution in [2.75, 3.05) is 5.73 Å². The number of hydrogen-bond donors (Lipinski definition) is 1. The first kappa shape index (κ1) is 12.3. The van der Waals surface area contributed by atoms with Crippen LogP contribution in [0.1, 0.15) is 0 Å². The van der Waals surface area contributed by atoms with E-state index in [1.165, 1.54) is 0 Å². The summed E-state index contributed by atoms with van der Waals surface area (Å²) in [5, 5.41) is 0. The van der Waals surface area contributed by atoms with Crippen molar-refractivity contribution in [1.29, 1.82) is 0 Å². The third-order valence-electron chi connectivity index (χ3n) is 2.48. The molecule has 0 fully saturated rings. The van der Waals surface area contributed by atoms with Gasteiger partial charge < -0.3 is 5.73 Å². The molecule has 0 aliphatic rings. The molecule has 0 bridgehead atoms. The van der Waals surface area contributed by atoms with Crippen LogP contribution in [0.5, 0.6) is 0 Å². The first-order valence-electron chi connectivity index (χ1n) is 5.55. The summed E-state index contributed by atoms with van der Waals surface area (Å²) in [6.45, 7) is 0. The van der Waals surface area contributed by atoms with Gasteiger partial charge >= 0.3 is 0 Å². The van der Waals surface area contributed by atoms with E-state index in [0.29, 0.717) is 11.6 Å². The Morgan fingerprint density at radius 3 is 2.32 bits per heavy atom. The molecular weight excluding hydrogens is 324 g/mol. The molecule has 3 aromatic rings. The van der Waals surface area contributed by atoms with Gasteiger partial charge in [0, 0.05) is 5.56 Å². The fourth-order valence-corrected chi connectivity index (χ4v) is 2.97. The number of halogens is 1. The quantitative estimate of drug-likeness (QED) is 0.778. The SMILES string of the molecule is Nc1nc(-c2ccccc2)nc(-c2ccc(Br)s2)n1. The molecule has 0 radical (unpaired) electrons. The van der Waals surface area contributed by atoms with E-state index in [2.05, 4.69) is 30.9 Å². The Morgan fingerprint density at radius 2 is 1.63 bits per heavy atom. The number of rotatable bonds is 2. The molecule has 2 aromatic heterocycles. The molecule has 0 aliphatic heterocycles. The second kappa shape index (κ2) is 5.07. The molecule has 6 heteroatoms. The molecule has 0 saturated heterocycles. The third-order valence-corrected chi connectivity index (χ3v) is 4.10. The zero-order valence-corrected chi connectivity index (χ0v) is 12.1. The number of nitrogens with two attached hydrogens (primary N) is 1. The lowest BCUT2D eigenvalue weighted by atomic mass is 10.2. The average molecular weight is 333 g/mol. The first-order valence-corrected chi connectivity index (χ1v) is 7.16. The van der Waals surface area contributed by atoms with Crippen molar-refractivity contribution in [1.82, 2.24) is 15.0 Å². The van der Waals surface area contributed by atoms with Crippen molar-refractivity contribution in [2.45, 2.75) is 0 Å². The van der Waals surface area contributed by atoms with Gasteiger partial charge in [-0.1, -0.05) is 30.3 Å². The maximum atomic E-state index is 5.77. The molecule has 0 amide bonds. The molecule has 0 aliphatic carbocycles. The molecule has 2 heterocycles. The normalized spacial score (nSPS) is 10.6. The minimum atomic E-state index is 0.230. The maximum Gasteiger partial charge on any atom is 0.224 e. The number of benzene rings is 1. The second-order valence-corrected chi connectivity index (χ2v) is 6.27. The van der Waals surface area contributed by atoms with Crippen LogP contribution in [-0.4, -0.2) is 15.0 Å². The summed E-state index contributed by atoms with van der Waals surface area (Å²) >= 11 is 4.99. The number of aromatic nitrogens is 3. The third kappa shape index (κ3) is 2.64. The Kier molecular flexibility index (Phi) is 3.27. The van der Waals surface area contributed by atoms with Gasteiger partial charge in [-0.15, -0.1) is 11.3 Å². The van der Waals surface area contributed by atoms with Crippen LogP contribution in [0.3, 0.4) is 0 Å². The van der Waals surface area contributed by atoms with Gasteiger partial charge in [0.15, 0.2) is 11.6 Å². The summed E-state index contributed by atoms with van der Waals surface area (Å²) in [5.74, 6) is 1.42. The average Bonchev–Trinajstić information content (AvgIpc) is 2.86. The monoisotopic (exact) mass is 332 g/mol. The molecule has 2 N–H and O–H groups in total. The summed E-state index contributed by atoms with van der Waals surface area (Å²) in [7, 11) is 0. The lowest BCUT2D eigenvalue weighted by Crippen LogP contribution is -2.01. The Bertz CT molecular complexity index is 712. The molecule has 19 heavy (non-hydrogen) atoms. The first-order chi connectivity index (χ1) is 9.22. The minimum Gasteiger partial charge on any atom is -0.368 e. The van der Waals surface area contributed by atoms with Gasteiger partial charge in [0.25, 0.3) is 0 Å². The summed E-state index contributed by atoms with van der Waals surface area (Å²) in [5.41, 5.74) is 6.70. The standard InChI is InChI=1S/C13H9BrN4S/c14-10-7-6-9(19-10)12-16-11(17-13(15)18-12)8-4-2-1-3-5-8/h1-7H,(H2,15,16,17,18). The zero-order chi connectivity index (χ0) is 13.2. The summed E-state index contributed by atoms with van der Waals surface area (Å²) in [6.07, 6.45) is 0. The van der Waals surface area contributed by atoms with Crippen LogP contribution in [-0.2, 0) is 0 Å². The van der Waals surface area contributed by atoms with Crippen LogP contribution in [0.2, 0.25) is 0 Å². The number of nitrogens with zero attached hydrogens (tertiary/aromatic N) is 3. The molecule has 0 spiro atoms. The highest BCUT2D eigenvalue weighted by atomic mass is 79.9. The number of thiophene rings is 1. The predicted molar refractivity (Wildman–Crippen MR) is 80.7 cm³/mol. The lowest BCUT2D eigenvalue weighted by molar-refractivity contribution is 1.09. The number of hydrogen-bond acceptors (Lipinski definition) is 5. The Hall–Kier alpha value is -1.79. The Balaban J connectivity index is 2.11. The van der Waals surface area contributed by atoms with Crippen molar-refractivity contribution in [2.24, 2.45) is 0 Å². The molecule has 94 valence electrons. The van der Waals surface area contributed by atoms with E-state index < -0.39 is 0 Å². The highest BCUT2D eigenvalue weighted by molar-refractivity contribution is 9.11. The van der Waals surface area contributed by atoms with E-state index in [1.54, 1.807) is 11.3 Å². The molecule has 4 nitrogen and oxygen atoms in total. The van der Waals surface area contributed by atoms with E-state index in [9.17, 15) is 0 Å². The van der Waals surface area contributed by atoms with Gasteiger partial charge in [-0.3, -0.25) is 0 Å². The maximum absolute atomic E-state index is 5.77. The van der Waals surface area contributed by atoms with Gasteiger partial charge in [0.2, 0.25) is 5.95 Å². The van der Waals surface area contributed by atoms with E-state index in [0.717, 1.165) is 14.2 Å². The fourth-order valence-electron chi connectivity index (χ4n) is 1.65. The van der Waals surface area contributed by atoms with Crippen LogP contribution in [0.4, 0.5) is 5.95 Å². The van der Waals surface area contributed by atoms with Crippen LogP contribution in [0, 0.1) is 0 Å². The smallest absolute Gasteiger partial charge is 0.224 e. The van der Waals surface area contributed by atoms with Gasteiger partial charge in [-0.25, -0.2) is 4.98 Å². The number of nitrogen functional groups attached to an aromatic ring is 1. The van der Waals surface area contributed by atoms with Gasteiger partial charge in [0.05, 0.1) is 8.66 Å². The molecular formula is C13H9BrN4S. The van der Waals surface area contributed by atoms with Gasteiger partial charge in [-0.2, -0.15) is 9.97 Å². The van der Waals surface area contributed by atoms with Crippen LogP contribution >= 0.6 is 27.3 Å². The van der Waals surface area contributed by atoms with Crippen molar-refractivity contribution in [3.63, 3.8) is 0 Å². The highest BCUT2D eigenvalue weighted by Crippen LogP contribution is 2.30. The summed E-state index contributed by atoms with van der Waals surface area (Å²) in [4.78, 5) is 13.8. The van der Waals surface area contributed by atoms with E-state index in [-0.39, 0.29) is 5.95 Å². The van der Waals surface area contributed by atoms with Crippen molar-refractivity contribution in [3.8, 4) is 22.1 Å². The fraction of sp³-hybridized carbons (Fsp3) is 0. The van der Waals surface area contributed by atoms with Gasteiger partial charge in [0.1, 0.15) is 0 Å². The van der Waals surface area contributed by atoms with Crippen LogP contribution in [0.25, 0.3) is 22.1 Å². The lowest BCUT2D eigenvalue weighted by Gasteiger charge is -2.03. The highest BCUT2D eigenvalue weighted by Gasteiger charge is 2.10. The molecule has 0 atom stereocenters. The van der Waals surface area contributed by atoms with Crippen molar-refractivity contribution >= 4 is 33.2 Å². The largest absolute Gasteiger partial charge is 0.368 e. The summed E-state index contributed by atoms with van der Waals surface area (Å²) in [6, 6.07) is 13.6. The minimum absolute atomic E-state index is 0.230. The number of anilines is 1. The van der Waals surface area contributed by atoms with E-state index in [4.69, 9.17) is 5.73 Å². The van der Waals surface area contributed by atoms with Crippen molar-refractivity contribution in [3.05, 3.63) is 46.3 Å². The van der Waals surface area contributed by atoms with Crippen LogP contribution < -0.4 is 5.73 Å². The molecule has 0 saturated carbocycles. The Labute approximate surface area is 122 Å². The molecule has 0 unspecified atom stereocenters. The summed E-state index contributed by atoms with van der Waals surface area (Å²) < 4.78 is 1.03. The predicted octanol–water partition coefficient (Wildman–Crippen LogP) is 3.61. The van der Waals surface area contributed by atoms with Crippen LogP contribution in [0.15, 0.2) is 46.3 Å². The van der Waals surface area contributed by atoms with E-state index >= 15 is 0 Å².